The number of carbonyl (C=O) groups excluding carboxylic acids is 1. The van der Waals surface area contributed by atoms with E-state index in [4.69, 9.17) is 32.7 Å². The smallest absolute Gasteiger partial charge is 0.359 e. The van der Waals surface area contributed by atoms with E-state index in [0.717, 1.165) is 5.69 Å². The average Bonchev–Trinajstić information content (AvgIpc) is 3.52. The molecule has 3 N–H and O–H groups in total. The number of anilines is 1. The highest BCUT2D eigenvalue weighted by atomic mass is 35.5. The first-order valence-corrected chi connectivity index (χ1v) is 10.2. The molecular formula is C20H16Cl2FN7O3. The number of aromatic nitrogens is 6. The topological polar surface area (TPSA) is 131 Å². The molecule has 0 saturated carbocycles. The lowest BCUT2D eigenvalue weighted by molar-refractivity contribution is 0.0461. The van der Waals surface area contributed by atoms with E-state index >= 15 is 4.39 Å². The van der Waals surface area contributed by atoms with E-state index in [1.165, 1.54) is 25.4 Å². The zero-order valence-electron chi connectivity index (χ0n) is 17.0. The van der Waals surface area contributed by atoms with Crippen molar-refractivity contribution in [3.63, 3.8) is 0 Å². The van der Waals surface area contributed by atoms with Gasteiger partial charge in [0, 0.05) is 12.4 Å². The van der Waals surface area contributed by atoms with Crippen LogP contribution < -0.4 is 10.1 Å². The summed E-state index contributed by atoms with van der Waals surface area (Å²) < 4.78 is 25.3. The number of esters is 1. The number of halogens is 3. The average molecular weight is 492 g/mol. The Morgan fingerprint density at radius 2 is 1.82 bits per heavy atom. The zero-order valence-corrected chi connectivity index (χ0v) is 18.5. The molecular weight excluding hydrogens is 476 g/mol. The lowest BCUT2D eigenvalue weighted by Gasteiger charge is -2.14. The molecule has 3 heterocycles. The summed E-state index contributed by atoms with van der Waals surface area (Å²) in [5.74, 6) is -1.82. The SMILES string of the molecule is COc1c(Cl)ccc(-c2nc(NCc3ccn[nH]3)c(Cl)c(C(=O)OCc3ccn[nH]3)n2)c1F. The molecule has 0 fully saturated rings. The van der Waals surface area contributed by atoms with Crippen LogP contribution in [0.4, 0.5) is 10.2 Å². The van der Waals surface area contributed by atoms with Crippen LogP contribution in [0.3, 0.4) is 0 Å². The number of carbonyl (C=O) groups is 1. The van der Waals surface area contributed by atoms with Gasteiger partial charge in [0.05, 0.1) is 35.6 Å². The molecule has 0 saturated heterocycles. The Morgan fingerprint density at radius 3 is 2.48 bits per heavy atom. The van der Waals surface area contributed by atoms with Crippen LogP contribution in [0.15, 0.2) is 36.7 Å². The first-order chi connectivity index (χ1) is 16.0. The van der Waals surface area contributed by atoms with Gasteiger partial charge in [0.15, 0.2) is 23.1 Å². The van der Waals surface area contributed by atoms with E-state index in [1.807, 2.05) is 0 Å². The van der Waals surface area contributed by atoms with Crippen molar-refractivity contribution in [2.45, 2.75) is 13.2 Å². The maximum atomic E-state index is 15.0. The summed E-state index contributed by atoms with van der Waals surface area (Å²) in [6, 6.07) is 6.20. The lowest BCUT2D eigenvalue weighted by atomic mass is 10.1. The van der Waals surface area contributed by atoms with Crippen molar-refractivity contribution in [3.8, 4) is 17.1 Å². The molecule has 4 aromatic rings. The van der Waals surface area contributed by atoms with Crippen LogP contribution in [0.5, 0.6) is 5.75 Å². The van der Waals surface area contributed by atoms with Gasteiger partial charge in [-0.1, -0.05) is 23.2 Å². The second-order valence-corrected chi connectivity index (χ2v) is 7.38. The molecule has 1 aromatic carbocycles. The number of hydrogen-bond acceptors (Lipinski definition) is 8. The van der Waals surface area contributed by atoms with Gasteiger partial charge >= 0.3 is 5.97 Å². The number of benzene rings is 1. The number of ether oxygens (including phenoxy) is 2. The first kappa shape index (κ1) is 22.5. The number of methoxy groups -OCH3 is 1. The quantitative estimate of drug-likeness (QED) is 0.315. The van der Waals surface area contributed by atoms with Gasteiger partial charge in [-0.3, -0.25) is 10.2 Å². The van der Waals surface area contributed by atoms with E-state index in [9.17, 15) is 4.79 Å². The monoisotopic (exact) mass is 491 g/mol. The molecule has 13 heteroatoms. The fraction of sp³-hybridized carbons (Fsp3) is 0.150. The molecule has 0 unspecified atom stereocenters. The molecule has 0 bridgehead atoms. The van der Waals surface area contributed by atoms with Crippen LogP contribution in [0.1, 0.15) is 21.9 Å². The molecule has 0 atom stereocenters. The van der Waals surface area contributed by atoms with Gasteiger partial charge in [-0.15, -0.1) is 0 Å². The Hall–Kier alpha value is -3.70. The number of nitrogens with zero attached hydrogens (tertiary/aromatic N) is 4. The van der Waals surface area contributed by atoms with Crippen LogP contribution in [0, 0.1) is 5.82 Å². The second kappa shape index (κ2) is 9.84. The predicted molar refractivity (Wildman–Crippen MR) is 118 cm³/mol. The highest BCUT2D eigenvalue weighted by Gasteiger charge is 2.24. The van der Waals surface area contributed by atoms with Crippen molar-refractivity contribution in [2.75, 3.05) is 12.4 Å². The molecule has 4 rings (SSSR count). The van der Waals surface area contributed by atoms with Crippen molar-refractivity contribution in [2.24, 2.45) is 0 Å². The molecule has 0 aliphatic heterocycles. The van der Waals surface area contributed by atoms with Gasteiger partial charge in [-0.25, -0.2) is 19.2 Å². The summed E-state index contributed by atoms with van der Waals surface area (Å²) >= 11 is 12.4. The van der Waals surface area contributed by atoms with Crippen molar-refractivity contribution in [1.29, 1.82) is 0 Å². The van der Waals surface area contributed by atoms with Crippen LogP contribution in [0.2, 0.25) is 10.0 Å². The van der Waals surface area contributed by atoms with E-state index in [-0.39, 0.29) is 51.8 Å². The van der Waals surface area contributed by atoms with Gasteiger partial charge < -0.3 is 14.8 Å². The van der Waals surface area contributed by atoms with Crippen LogP contribution >= 0.6 is 23.2 Å². The van der Waals surface area contributed by atoms with Crippen molar-refractivity contribution >= 4 is 35.0 Å². The standard InChI is InChI=1S/C20H16Cl2FN7O3/c1-32-17-13(21)3-2-12(15(17)23)18-27-16(20(31)33-9-11-5-7-26-30-11)14(22)19(28-18)24-8-10-4-6-25-29-10/h2-7H,8-9H2,1H3,(H,25,29)(H,26,30)(H,24,27,28). The third-order valence-corrected chi connectivity index (χ3v) is 5.12. The fourth-order valence-electron chi connectivity index (χ4n) is 2.85. The molecule has 10 nitrogen and oxygen atoms in total. The van der Waals surface area contributed by atoms with Crippen molar-refractivity contribution in [3.05, 3.63) is 69.6 Å². The van der Waals surface area contributed by atoms with Crippen molar-refractivity contribution in [1.82, 2.24) is 30.4 Å². The van der Waals surface area contributed by atoms with Crippen LogP contribution in [0.25, 0.3) is 11.4 Å². The number of aromatic amines is 2. The molecule has 0 radical (unpaired) electrons. The summed E-state index contributed by atoms with van der Waals surface area (Å²) in [6.07, 6.45) is 3.10. The minimum absolute atomic E-state index is 0.0416. The summed E-state index contributed by atoms with van der Waals surface area (Å²) in [7, 11) is 1.28. The summed E-state index contributed by atoms with van der Waals surface area (Å²) in [4.78, 5) is 21.3. The minimum atomic E-state index is -0.829. The Kier molecular flexibility index (Phi) is 6.71. The Bertz CT molecular complexity index is 1270. The van der Waals surface area contributed by atoms with E-state index in [0.29, 0.717) is 5.69 Å². The number of H-pyrrole nitrogens is 2. The number of nitrogens with one attached hydrogen (secondary N) is 3. The highest BCUT2D eigenvalue weighted by Crippen LogP contribution is 2.35. The molecule has 0 aliphatic rings. The number of rotatable bonds is 8. The van der Waals surface area contributed by atoms with E-state index in [1.54, 1.807) is 18.3 Å². The lowest BCUT2D eigenvalue weighted by Crippen LogP contribution is -2.13. The molecule has 0 spiro atoms. The molecule has 0 aliphatic carbocycles. The van der Waals surface area contributed by atoms with Gasteiger partial charge in [-0.05, 0) is 24.3 Å². The third-order valence-electron chi connectivity index (χ3n) is 4.46. The Labute approximate surface area is 196 Å². The zero-order chi connectivity index (χ0) is 23.4. The van der Waals surface area contributed by atoms with Gasteiger partial charge in [0.1, 0.15) is 17.4 Å². The highest BCUT2D eigenvalue weighted by molar-refractivity contribution is 6.35. The summed E-state index contributed by atoms with van der Waals surface area (Å²) in [6.45, 7) is 0.166. The molecule has 0 amide bonds. The Balaban J connectivity index is 1.73. The minimum Gasteiger partial charge on any atom is -0.492 e. The number of hydrogen-bond donors (Lipinski definition) is 3. The van der Waals surface area contributed by atoms with E-state index < -0.39 is 11.8 Å². The summed E-state index contributed by atoms with van der Waals surface area (Å²) in [5, 5.41) is 16.1. The molecule has 170 valence electrons. The van der Waals surface area contributed by atoms with Crippen molar-refractivity contribution < 1.29 is 18.7 Å². The first-order valence-electron chi connectivity index (χ1n) is 9.45. The predicted octanol–water partition coefficient (Wildman–Crippen LogP) is 4.01. The van der Waals surface area contributed by atoms with Gasteiger partial charge in [0.2, 0.25) is 0 Å². The second-order valence-electron chi connectivity index (χ2n) is 6.59. The molecule has 33 heavy (non-hydrogen) atoms. The maximum absolute atomic E-state index is 15.0. The van der Waals surface area contributed by atoms with E-state index in [2.05, 4.69) is 35.7 Å². The van der Waals surface area contributed by atoms with Gasteiger partial charge in [0.25, 0.3) is 0 Å². The molecule has 3 aromatic heterocycles. The van der Waals surface area contributed by atoms with Crippen LogP contribution in [-0.4, -0.2) is 43.4 Å². The Morgan fingerprint density at radius 1 is 1.09 bits per heavy atom. The largest absolute Gasteiger partial charge is 0.492 e. The normalized spacial score (nSPS) is 10.8. The van der Waals surface area contributed by atoms with Gasteiger partial charge in [-0.2, -0.15) is 10.2 Å². The third kappa shape index (κ3) is 4.89. The van der Waals surface area contributed by atoms with Crippen LogP contribution in [-0.2, 0) is 17.9 Å². The maximum Gasteiger partial charge on any atom is 0.359 e. The fourth-order valence-corrected chi connectivity index (χ4v) is 3.30. The summed E-state index contributed by atoms with van der Waals surface area (Å²) in [5.41, 5.74) is 1.01.